The predicted molar refractivity (Wildman–Crippen MR) is 159 cm³/mol. The number of unbranched alkanes of at least 4 members (excludes halogenated alkanes) is 2. The summed E-state index contributed by atoms with van der Waals surface area (Å²) in [6.45, 7) is 9.17. The molecule has 2 aromatic carbocycles. The molecule has 2 aromatic heterocycles. The van der Waals surface area contributed by atoms with Crippen LogP contribution in [0.5, 0.6) is 5.75 Å². The van der Waals surface area contributed by atoms with Gasteiger partial charge in [0, 0.05) is 11.8 Å². The third kappa shape index (κ3) is 5.36. The molecule has 1 aliphatic rings. The molecule has 206 valence electrons. The number of nitrogens with zero attached hydrogens (tertiary/aromatic N) is 3. The summed E-state index contributed by atoms with van der Waals surface area (Å²) in [5, 5.41) is 11.8. The van der Waals surface area contributed by atoms with Gasteiger partial charge in [0.25, 0.3) is 5.78 Å². The average molecular weight is 556 g/mol. The summed E-state index contributed by atoms with van der Waals surface area (Å²) in [4.78, 5) is 37.5. The molecule has 3 heterocycles. The second-order valence-electron chi connectivity index (χ2n) is 10.9. The number of amides is 1. The highest BCUT2D eigenvalue weighted by Crippen LogP contribution is 2.44. The summed E-state index contributed by atoms with van der Waals surface area (Å²) in [5.41, 5.74) is 2.70. The van der Waals surface area contributed by atoms with E-state index in [1.807, 2.05) is 12.1 Å². The van der Waals surface area contributed by atoms with E-state index in [1.165, 1.54) is 16.2 Å². The van der Waals surface area contributed by atoms with Gasteiger partial charge < -0.3 is 9.84 Å². The molecule has 0 bridgehead atoms. The number of benzene rings is 2. The lowest BCUT2D eigenvalue weighted by molar-refractivity contribution is -0.132. The van der Waals surface area contributed by atoms with E-state index in [9.17, 15) is 14.7 Å². The zero-order chi connectivity index (χ0) is 28.4. The molecule has 1 aliphatic heterocycles. The number of fused-ring (bicyclic) bond motifs is 1. The van der Waals surface area contributed by atoms with E-state index in [1.54, 1.807) is 48.7 Å². The van der Waals surface area contributed by atoms with Crippen molar-refractivity contribution in [2.45, 2.75) is 58.4 Å². The van der Waals surface area contributed by atoms with Crippen molar-refractivity contribution in [3.63, 3.8) is 0 Å². The molecular weight excluding hydrogens is 522 g/mol. The zero-order valence-corrected chi connectivity index (χ0v) is 24.0. The summed E-state index contributed by atoms with van der Waals surface area (Å²) in [5.74, 6) is -1.10. The smallest absolute Gasteiger partial charge is 0.301 e. The van der Waals surface area contributed by atoms with Crippen molar-refractivity contribution in [1.82, 2.24) is 9.97 Å². The number of Topliss-reactive ketones (excluding diaryl/α,β-unsaturated/α-hetero) is 1. The molecule has 5 rings (SSSR count). The molecule has 0 spiro atoms. The Morgan fingerprint density at radius 3 is 2.50 bits per heavy atom. The van der Waals surface area contributed by atoms with Gasteiger partial charge in [-0.3, -0.25) is 19.5 Å². The molecule has 0 radical (unpaired) electrons. The molecule has 4 aromatic rings. The zero-order valence-electron chi connectivity index (χ0n) is 23.2. The van der Waals surface area contributed by atoms with Crippen LogP contribution in [-0.2, 0) is 15.0 Å². The van der Waals surface area contributed by atoms with Gasteiger partial charge in [-0.2, -0.15) is 0 Å². The average Bonchev–Trinajstić information content (AvgIpc) is 3.48. The number of rotatable bonds is 8. The van der Waals surface area contributed by atoms with Gasteiger partial charge >= 0.3 is 5.91 Å². The standard InChI is InChI=1S/C32H33N3O4S/c1-5-6-9-18-39-22-14-11-20(12-15-22)28(36)26-27(24-10-7-8-17-33-24)35(30(38)29(26)37)31-34-23-16-13-21(32(2,3)4)19-25(23)40-31/h7-8,10-17,19,27,36H,5-6,9,18H2,1-4H3/b28-26+. The Morgan fingerprint density at radius 1 is 1.05 bits per heavy atom. The van der Waals surface area contributed by atoms with E-state index in [4.69, 9.17) is 9.72 Å². The Kier molecular flexibility index (Phi) is 7.72. The first-order chi connectivity index (χ1) is 19.2. The van der Waals surface area contributed by atoms with Crippen LogP contribution in [0.3, 0.4) is 0 Å². The number of ketones is 1. The SMILES string of the molecule is CCCCCOc1ccc(/C(O)=C2\C(=O)C(=O)N(c3nc4ccc(C(C)(C)C)cc4s3)C2c2ccccn2)cc1. The monoisotopic (exact) mass is 555 g/mol. The van der Waals surface area contributed by atoms with Gasteiger partial charge in [0.15, 0.2) is 5.13 Å². The largest absolute Gasteiger partial charge is 0.507 e. The van der Waals surface area contributed by atoms with Gasteiger partial charge in [-0.15, -0.1) is 0 Å². The summed E-state index contributed by atoms with van der Waals surface area (Å²) in [6.07, 6.45) is 4.78. The van der Waals surface area contributed by atoms with Crippen molar-refractivity contribution in [1.29, 1.82) is 0 Å². The second-order valence-corrected chi connectivity index (χ2v) is 11.9. The lowest BCUT2D eigenvalue weighted by atomic mass is 9.87. The normalized spacial score (nSPS) is 17.1. The quantitative estimate of drug-likeness (QED) is 0.107. The van der Waals surface area contributed by atoms with Crippen molar-refractivity contribution in [3.05, 3.63) is 89.3 Å². The Balaban J connectivity index is 1.56. The predicted octanol–water partition coefficient (Wildman–Crippen LogP) is 7.18. The molecule has 0 aliphatic carbocycles. The Bertz CT molecular complexity index is 1570. The fourth-order valence-electron chi connectivity index (χ4n) is 4.74. The van der Waals surface area contributed by atoms with Gasteiger partial charge in [-0.05, 0) is 65.9 Å². The van der Waals surface area contributed by atoms with E-state index in [-0.39, 0.29) is 16.7 Å². The Morgan fingerprint density at radius 2 is 1.82 bits per heavy atom. The van der Waals surface area contributed by atoms with Crippen molar-refractivity contribution in [2.24, 2.45) is 0 Å². The second kappa shape index (κ2) is 11.2. The van der Waals surface area contributed by atoms with Crippen LogP contribution in [0, 0.1) is 0 Å². The number of aliphatic hydroxyl groups is 1. The number of carbonyl (C=O) groups excluding carboxylic acids is 2. The minimum atomic E-state index is -0.922. The molecule has 1 amide bonds. The topological polar surface area (TPSA) is 92.6 Å². The third-order valence-electron chi connectivity index (χ3n) is 7.01. The molecule has 1 atom stereocenters. The summed E-state index contributed by atoms with van der Waals surface area (Å²) < 4.78 is 6.70. The summed E-state index contributed by atoms with van der Waals surface area (Å²) in [6, 6.07) is 17.3. The Labute approximate surface area is 238 Å². The number of hydrogen-bond donors (Lipinski definition) is 1. The van der Waals surface area contributed by atoms with Crippen molar-refractivity contribution < 1.29 is 19.4 Å². The van der Waals surface area contributed by atoms with E-state index in [2.05, 4.69) is 38.7 Å². The number of pyridine rings is 1. The van der Waals surface area contributed by atoms with Gasteiger partial charge in [-0.25, -0.2) is 4.98 Å². The van der Waals surface area contributed by atoms with E-state index < -0.39 is 17.7 Å². The highest BCUT2D eigenvalue weighted by molar-refractivity contribution is 7.22. The number of thiazole rings is 1. The van der Waals surface area contributed by atoms with Crippen LogP contribution in [0.25, 0.3) is 16.0 Å². The van der Waals surface area contributed by atoms with Gasteiger partial charge in [0.05, 0.1) is 28.1 Å². The maximum atomic E-state index is 13.5. The highest BCUT2D eigenvalue weighted by Gasteiger charge is 2.48. The van der Waals surface area contributed by atoms with Crippen LogP contribution in [-0.4, -0.2) is 33.4 Å². The summed E-state index contributed by atoms with van der Waals surface area (Å²) in [7, 11) is 0. The minimum absolute atomic E-state index is 0.0186. The van der Waals surface area contributed by atoms with Gasteiger partial charge in [0.1, 0.15) is 17.6 Å². The van der Waals surface area contributed by atoms with Crippen LogP contribution in [0.1, 0.15) is 69.8 Å². The van der Waals surface area contributed by atoms with Crippen LogP contribution >= 0.6 is 11.3 Å². The number of hydrogen-bond acceptors (Lipinski definition) is 7. The van der Waals surface area contributed by atoms with Crippen molar-refractivity contribution >= 4 is 44.1 Å². The highest BCUT2D eigenvalue weighted by atomic mass is 32.1. The molecule has 0 saturated carbocycles. The third-order valence-corrected chi connectivity index (χ3v) is 8.02. The van der Waals surface area contributed by atoms with Crippen LogP contribution in [0.15, 0.2) is 72.4 Å². The number of anilines is 1. The lowest BCUT2D eigenvalue weighted by Gasteiger charge is -2.22. The van der Waals surface area contributed by atoms with E-state index in [0.29, 0.717) is 28.7 Å². The molecule has 8 heteroatoms. The van der Waals surface area contributed by atoms with Gasteiger partial charge in [-0.1, -0.05) is 64.0 Å². The Hall–Kier alpha value is -4.04. The molecule has 1 saturated heterocycles. The molecule has 1 fully saturated rings. The first-order valence-electron chi connectivity index (χ1n) is 13.5. The van der Waals surface area contributed by atoms with Crippen molar-refractivity contribution in [3.8, 4) is 5.75 Å². The molecule has 1 N–H and O–H groups in total. The fraction of sp³-hybridized carbons (Fsp3) is 0.312. The first kappa shape index (κ1) is 27.5. The summed E-state index contributed by atoms with van der Waals surface area (Å²) >= 11 is 1.34. The number of aliphatic hydroxyl groups excluding tert-OH is 1. The first-order valence-corrected chi connectivity index (χ1v) is 14.4. The number of carbonyl (C=O) groups is 2. The van der Waals surface area contributed by atoms with E-state index >= 15 is 0 Å². The van der Waals surface area contributed by atoms with Crippen molar-refractivity contribution in [2.75, 3.05) is 11.5 Å². The van der Waals surface area contributed by atoms with Crippen LogP contribution in [0.2, 0.25) is 0 Å². The van der Waals surface area contributed by atoms with Crippen LogP contribution < -0.4 is 9.64 Å². The molecule has 40 heavy (non-hydrogen) atoms. The maximum absolute atomic E-state index is 13.5. The fourth-order valence-corrected chi connectivity index (χ4v) is 5.77. The molecule has 1 unspecified atom stereocenters. The molecule has 7 nitrogen and oxygen atoms in total. The van der Waals surface area contributed by atoms with Gasteiger partial charge in [0.2, 0.25) is 0 Å². The van der Waals surface area contributed by atoms with E-state index in [0.717, 1.165) is 35.0 Å². The molecular formula is C32H33N3O4S. The number of ether oxygens (including phenoxy) is 1. The minimum Gasteiger partial charge on any atom is -0.507 e. The number of aromatic nitrogens is 2. The van der Waals surface area contributed by atoms with Crippen LogP contribution in [0.4, 0.5) is 5.13 Å². The lowest BCUT2D eigenvalue weighted by Crippen LogP contribution is -2.29. The maximum Gasteiger partial charge on any atom is 0.301 e.